The van der Waals surface area contributed by atoms with Crippen molar-refractivity contribution in [1.82, 2.24) is 10.4 Å². The van der Waals surface area contributed by atoms with Gasteiger partial charge in [-0.2, -0.15) is 5.10 Å². The Morgan fingerprint density at radius 1 is 1.00 bits per heavy atom. The summed E-state index contributed by atoms with van der Waals surface area (Å²) in [6, 6.07) is 13.5. The van der Waals surface area contributed by atoms with Gasteiger partial charge >= 0.3 is 0 Å². The molecule has 0 unspecified atom stereocenters. The zero-order chi connectivity index (χ0) is 22.4. The number of hydrogen-bond donors (Lipinski definition) is 3. The largest absolute Gasteiger partial charge is 0.493 e. The molecule has 3 N–H and O–H groups in total. The van der Waals surface area contributed by atoms with Gasteiger partial charge in [0.05, 0.1) is 36.9 Å². The lowest BCUT2D eigenvalue weighted by molar-refractivity contribution is 0.0955. The molecule has 0 fully saturated rings. The summed E-state index contributed by atoms with van der Waals surface area (Å²) in [6.07, 6.45) is 1.77. The van der Waals surface area contributed by atoms with Gasteiger partial charge in [0.1, 0.15) is 0 Å². The molecule has 0 radical (unpaired) electrons. The number of anilines is 1. The first-order chi connectivity index (χ1) is 14.9. The molecule has 160 valence electrons. The van der Waals surface area contributed by atoms with Gasteiger partial charge in [-0.15, -0.1) is 0 Å². The Balaban J connectivity index is 1.82. The van der Waals surface area contributed by atoms with Crippen LogP contribution in [0.3, 0.4) is 0 Å². The van der Waals surface area contributed by atoms with E-state index in [9.17, 15) is 9.59 Å². The maximum Gasteiger partial charge on any atom is 0.273 e. The molecule has 0 saturated heterocycles. The number of H-pyrrole nitrogens is 1. The average Bonchev–Trinajstić information content (AvgIpc) is 3.33. The van der Waals surface area contributed by atoms with Crippen LogP contribution in [0.15, 0.2) is 64.3 Å². The minimum atomic E-state index is -0.463. The molecule has 0 bridgehead atoms. The number of rotatable bonds is 7. The molecule has 2 aromatic carbocycles. The Hall–Kier alpha value is -3.59. The minimum absolute atomic E-state index is 0.256. The number of nitrogens with zero attached hydrogens (tertiary/aromatic N) is 1. The van der Waals surface area contributed by atoms with Crippen LogP contribution in [0.25, 0.3) is 0 Å². The Morgan fingerprint density at radius 2 is 1.77 bits per heavy atom. The molecule has 0 aliphatic heterocycles. The van der Waals surface area contributed by atoms with E-state index in [2.05, 4.69) is 36.8 Å². The predicted molar refractivity (Wildman–Crippen MR) is 122 cm³/mol. The monoisotopic (exact) mass is 484 g/mol. The van der Waals surface area contributed by atoms with E-state index < -0.39 is 11.8 Å². The van der Waals surface area contributed by atoms with Gasteiger partial charge in [-0.05, 0) is 55.5 Å². The molecule has 0 saturated carbocycles. The van der Waals surface area contributed by atoms with Crippen LogP contribution in [0.5, 0.6) is 11.5 Å². The second-order valence-corrected chi connectivity index (χ2v) is 7.35. The smallest absolute Gasteiger partial charge is 0.273 e. The van der Waals surface area contributed by atoms with Crippen molar-refractivity contribution in [3.8, 4) is 11.5 Å². The lowest BCUT2D eigenvalue weighted by Crippen LogP contribution is -2.22. The number of hydrazone groups is 1. The summed E-state index contributed by atoms with van der Waals surface area (Å²) in [4.78, 5) is 28.6. The zero-order valence-electron chi connectivity index (χ0n) is 17.2. The molecule has 1 heterocycles. The highest BCUT2D eigenvalue weighted by Gasteiger charge is 2.16. The number of carbonyl (C=O) groups excluding carboxylic acids is 2. The fourth-order valence-electron chi connectivity index (χ4n) is 2.80. The number of aromatic nitrogens is 1. The van der Waals surface area contributed by atoms with E-state index in [1.54, 1.807) is 49.5 Å². The van der Waals surface area contributed by atoms with E-state index in [1.165, 1.54) is 14.2 Å². The average molecular weight is 485 g/mol. The molecule has 0 aliphatic carbocycles. The van der Waals surface area contributed by atoms with Gasteiger partial charge in [-0.3, -0.25) is 9.59 Å². The van der Waals surface area contributed by atoms with Crippen molar-refractivity contribution in [3.05, 3.63) is 76.0 Å². The summed E-state index contributed by atoms with van der Waals surface area (Å²) < 4.78 is 11.1. The number of benzene rings is 2. The Morgan fingerprint density at radius 3 is 2.45 bits per heavy atom. The number of carbonyl (C=O) groups is 2. The molecular weight excluding hydrogens is 464 g/mol. The lowest BCUT2D eigenvalue weighted by atomic mass is 10.1. The number of aromatic amines is 1. The van der Waals surface area contributed by atoms with Crippen molar-refractivity contribution in [1.29, 1.82) is 0 Å². The molecule has 3 rings (SSSR count). The molecular formula is C22H21BrN4O4. The number of hydrogen-bond acceptors (Lipinski definition) is 5. The molecule has 0 atom stereocenters. The molecule has 31 heavy (non-hydrogen) atoms. The minimum Gasteiger partial charge on any atom is -0.493 e. The molecule has 0 spiro atoms. The Kier molecular flexibility index (Phi) is 7.09. The maximum absolute atomic E-state index is 12.8. The first kappa shape index (κ1) is 22.1. The molecule has 1 aromatic heterocycles. The van der Waals surface area contributed by atoms with Gasteiger partial charge < -0.3 is 19.8 Å². The molecule has 2 amide bonds. The van der Waals surface area contributed by atoms with Crippen LogP contribution in [-0.2, 0) is 0 Å². The number of methoxy groups -OCH3 is 2. The highest BCUT2D eigenvalue weighted by atomic mass is 79.9. The third-order valence-corrected chi connectivity index (χ3v) is 4.93. The van der Waals surface area contributed by atoms with E-state index >= 15 is 0 Å². The maximum atomic E-state index is 12.8. The summed E-state index contributed by atoms with van der Waals surface area (Å²) in [7, 11) is 3.01. The number of nitrogens with one attached hydrogen (secondary N) is 3. The van der Waals surface area contributed by atoms with Gasteiger partial charge in [-0.25, -0.2) is 5.43 Å². The first-order valence-electron chi connectivity index (χ1n) is 9.24. The molecule has 8 nitrogen and oxygen atoms in total. The Labute approximate surface area is 187 Å². The summed E-state index contributed by atoms with van der Waals surface area (Å²) in [6.45, 7) is 1.77. The van der Waals surface area contributed by atoms with E-state index in [4.69, 9.17) is 9.47 Å². The number of amides is 2. The highest BCUT2D eigenvalue weighted by molar-refractivity contribution is 9.10. The third-order valence-electron chi connectivity index (χ3n) is 4.43. The third kappa shape index (κ3) is 5.32. The van der Waals surface area contributed by atoms with E-state index in [-0.39, 0.29) is 5.56 Å². The van der Waals surface area contributed by atoms with Crippen molar-refractivity contribution in [2.24, 2.45) is 5.10 Å². The van der Waals surface area contributed by atoms with Crippen molar-refractivity contribution in [2.75, 3.05) is 19.5 Å². The zero-order valence-corrected chi connectivity index (χ0v) is 18.7. The lowest BCUT2D eigenvalue weighted by Gasteiger charge is -2.12. The number of halogens is 1. The van der Waals surface area contributed by atoms with Crippen LogP contribution in [0.2, 0.25) is 0 Å². The van der Waals surface area contributed by atoms with Gasteiger partial charge in [0.15, 0.2) is 11.5 Å². The van der Waals surface area contributed by atoms with Crippen LogP contribution < -0.4 is 20.2 Å². The second kappa shape index (κ2) is 9.94. The fourth-order valence-corrected chi connectivity index (χ4v) is 3.16. The van der Waals surface area contributed by atoms with Crippen LogP contribution >= 0.6 is 15.9 Å². The van der Waals surface area contributed by atoms with Crippen LogP contribution in [-0.4, -0.2) is 36.7 Å². The molecule has 9 heteroatoms. The SMILES string of the molecule is COc1ccc(C(=O)Nc2ccc(Br)cc2C(=O)NN=C(C)c2ccc[nH]2)cc1OC. The highest BCUT2D eigenvalue weighted by Crippen LogP contribution is 2.28. The summed E-state index contributed by atoms with van der Waals surface area (Å²) >= 11 is 3.36. The molecule has 0 aliphatic rings. The van der Waals surface area contributed by atoms with E-state index in [0.717, 1.165) is 5.69 Å². The van der Waals surface area contributed by atoms with Gasteiger partial charge in [-0.1, -0.05) is 15.9 Å². The van der Waals surface area contributed by atoms with Crippen molar-refractivity contribution < 1.29 is 19.1 Å². The second-order valence-electron chi connectivity index (χ2n) is 6.44. The van der Waals surface area contributed by atoms with Gasteiger partial charge in [0.25, 0.3) is 11.8 Å². The van der Waals surface area contributed by atoms with E-state index in [0.29, 0.717) is 32.9 Å². The van der Waals surface area contributed by atoms with Crippen molar-refractivity contribution >= 4 is 39.1 Å². The summed E-state index contributed by atoms with van der Waals surface area (Å²) in [5.41, 5.74) is 4.88. The normalized spacial score (nSPS) is 11.0. The van der Waals surface area contributed by atoms with Crippen molar-refractivity contribution in [3.63, 3.8) is 0 Å². The van der Waals surface area contributed by atoms with Crippen LogP contribution in [0.1, 0.15) is 33.3 Å². The summed E-state index contributed by atoms with van der Waals surface area (Å²) in [5.74, 6) is 0.0781. The fraction of sp³-hybridized carbons (Fsp3) is 0.136. The Bertz CT molecular complexity index is 1130. The van der Waals surface area contributed by atoms with Crippen LogP contribution in [0, 0.1) is 0 Å². The predicted octanol–water partition coefficient (Wildman–Crippen LogP) is 4.20. The van der Waals surface area contributed by atoms with Gasteiger partial charge in [0, 0.05) is 16.2 Å². The van der Waals surface area contributed by atoms with E-state index in [1.807, 2.05) is 12.1 Å². The molecule has 3 aromatic rings. The standard InChI is InChI=1S/C22H21BrN4O4/c1-13(17-5-4-10-24-17)26-27-22(29)16-12-15(23)7-8-18(16)25-21(28)14-6-9-19(30-2)20(11-14)31-3/h4-12,24H,1-3H3,(H,25,28)(H,27,29). The topological polar surface area (TPSA) is 105 Å². The van der Waals surface area contributed by atoms with Gasteiger partial charge in [0.2, 0.25) is 0 Å². The first-order valence-corrected chi connectivity index (χ1v) is 10.0. The van der Waals surface area contributed by atoms with Crippen LogP contribution in [0.4, 0.5) is 5.69 Å². The quantitative estimate of drug-likeness (QED) is 0.345. The number of ether oxygens (including phenoxy) is 2. The van der Waals surface area contributed by atoms with Crippen molar-refractivity contribution in [2.45, 2.75) is 6.92 Å². The summed E-state index contributed by atoms with van der Waals surface area (Å²) in [5, 5.41) is 6.89.